The van der Waals surface area contributed by atoms with E-state index in [0.29, 0.717) is 48.3 Å². The van der Waals surface area contributed by atoms with Gasteiger partial charge in [0.1, 0.15) is 11.6 Å². The molecule has 7 nitrogen and oxygen atoms in total. The Bertz CT molecular complexity index is 1080. The van der Waals surface area contributed by atoms with Crippen LogP contribution in [0.15, 0.2) is 42.5 Å². The lowest BCUT2D eigenvalue weighted by Gasteiger charge is -2.47. The predicted molar refractivity (Wildman–Crippen MR) is 130 cm³/mol. The van der Waals surface area contributed by atoms with Gasteiger partial charge in [-0.25, -0.2) is 4.39 Å². The number of hydrogen-bond acceptors (Lipinski definition) is 5. The van der Waals surface area contributed by atoms with Crippen LogP contribution in [0.3, 0.4) is 0 Å². The zero-order valence-electron chi connectivity index (χ0n) is 19.0. The second-order valence-corrected chi connectivity index (χ2v) is 8.97. The Labute approximate surface area is 202 Å². The first-order valence-corrected chi connectivity index (χ1v) is 11.4. The van der Waals surface area contributed by atoms with Gasteiger partial charge in [-0.2, -0.15) is 0 Å². The van der Waals surface area contributed by atoms with Crippen molar-refractivity contribution in [1.82, 2.24) is 4.90 Å². The number of likely N-dealkylation sites (tertiary alicyclic amines) is 1. The molecule has 4 rings (SSSR count). The first-order chi connectivity index (χ1) is 16.3. The average Bonchev–Trinajstić information content (AvgIpc) is 2.79. The average molecular weight is 488 g/mol. The minimum absolute atomic E-state index is 0.112. The smallest absolute Gasteiger partial charge is 0.246 e. The number of fused-ring (bicyclic) bond motifs is 2. The van der Waals surface area contributed by atoms with Gasteiger partial charge in [-0.05, 0) is 42.5 Å². The van der Waals surface area contributed by atoms with Crippen molar-refractivity contribution in [3.8, 4) is 5.75 Å². The fraction of sp³-hybridized carbons (Fsp3) is 0.360. The summed E-state index contributed by atoms with van der Waals surface area (Å²) in [5.41, 5.74) is 1.96. The summed E-state index contributed by atoms with van der Waals surface area (Å²) >= 11 is 6.19. The summed E-state index contributed by atoms with van der Waals surface area (Å²) in [4.78, 5) is 26.5. The Hall–Kier alpha value is -3.10. The van der Waals surface area contributed by atoms with E-state index in [0.717, 1.165) is 5.69 Å². The molecule has 0 aromatic heterocycles. The molecule has 9 heteroatoms. The molecule has 0 radical (unpaired) electrons. The van der Waals surface area contributed by atoms with Crippen LogP contribution in [0.5, 0.6) is 5.75 Å². The molecule has 34 heavy (non-hydrogen) atoms. The SMILES string of the molecule is COc1cc(/C=C/C(=O)N2C[C@H]3COC[C@@H](C2)[C@H]3Nc2ccc(F)cc2)c(NC(C)=O)cc1Cl. The molecule has 2 aliphatic heterocycles. The largest absolute Gasteiger partial charge is 0.495 e. The number of methoxy groups -OCH3 is 1. The molecule has 3 atom stereocenters. The molecule has 2 aromatic rings. The van der Waals surface area contributed by atoms with Crippen LogP contribution in [0.25, 0.3) is 6.08 Å². The fourth-order valence-corrected chi connectivity index (χ4v) is 4.76. The maximum absolute atomic E-state index is 13.2. The van der Waals surface area contributed by atoms with Crippen molar-refractivity contribution in [2.45, 2.75) is 13.0 Å². The molecule has 0 unspecified atom stereocenters. The Morgan fingerprint density at radius 3 is 2.47 bits per heavy atom. The number of amides is 2. The van der Waals surface area contributed by atoms with E-state index in [1.807, 2.05) is 4.90 Å². The zero-order chi connectivity index (χ0) is 24.2. The van der Waals surface area contributed by atoms with Crippen LogP contribution >= 0.6 is 11.6 Å². The third-order valence-corrected chi connectivity index (χ3v) is 6.41. The third-order valence-electron chi connectivity index (χ3n) is 6.12. The summed E-state index contributed by atoms with van der Waals surface area (Å²) in [6, 6.07) is 9.72. The molecule has 0 spiro atoms. The molecule has 2 bridgehead atoms. The normalized spacial score (nSPS) is 21.9. The van der Waals surface area contributed by atoms with Crippen LogP contribution < -0.4 is 15.4 Å². The van der Waals surface area contributed by atoms with Gasteiger partial charge in [0.15, 0.2) is 0 Å². The monoisotopic (exact) mass is 487 g/mol. The molecule has 2 saturated heterocycles. The molecule has 2 N–H and O–H groups in total. The van der Waals surface area contributed by atoms with Gasteiger partial charge in [-0.15, -0.1) is 0 Å². The van der Waals surface area contributed by atoms with Crippen molar-refractivity contribution < 1.29 is 23.5 Å². The predicted octanol–water partition coefficient (Wildman–Crippen LogP) is 4.04. The van der Waals surface area contributed by atoms with Gasteiger partial charge in [-0.3, -0.25) is 9.59 Å². The fourth-order valence-electron chi connectivity index (χ4n) is 4.52. The van der Waals surface area contributed by atoms with E-state index in [1.54, 1.807) is 30.3 Å². The maximum Gasteiger partial charge on any atom is 0.246 e. The standard InChI is InChI=1S/C25H27ClFN3O4/c1-15(31)28-22-10-21(26)23(33-2)9-16(22)3-8-24(32)30-11-17-13-34-14-18(12-30)25(17)29-20-6-4-19(27)5-7-20/h3-10,17-18,25,29H,11-14H2,1-2H3,(H,28,31)/b8-3+/t17-,18+,25-. The van der Waals surface area contributed by atoms with Gasteiger partial charge < -0.3 is 25.0 Å². The molecule has 0 saturated carbocycles. The van der Waals surface area contributed by atoms with Gasteiger partial charge in [-0.1, -0.05) is 11.6 Å². The second kappa shape index (κ2) is 10.4. The van der Waals surface area contributed by atoms with E-state index in [9.17, 15) is 14.0 Å². The van der Waals surface area contributed by atoms with Crippen LogP contribution in [0.1, 0.15) is 12.5 Å². The number of piperidine rings is 1. The van der Waals surface area contributed by atoms with E-state index in [2.05, 4.69) is 10.6 Å². The van der Waals surface area contributed by atoms with E-state index in [1.165, 1.54) is 32.2 Å². The summed E-state index contributed by atoms with van der Waals surface area (Å²) < 4.78 is 24.3. The van der Waals surface area contributed by atoms with Crippen molar-refractivity contribution in [3.05, 3.63) is 58.9 Å². The number of carbonyl (C=O) groups excluding carboxylic acids is 2. The lowest BCUT2D eigenvalue weighted by molar-refractivity contribution is -0.133. The van der Waals surface area contributed by atoms with Gasteiger partial charge in [0.25, 0.3) is 0 Å². The van der Waals surface area contributed by atoms with Gasteiger partial charge >= 0.3 is 0 Å². The molecule has 2 amide bonds. The Balaban J connectivity index is 1.47. The van der Waals surface area contributed by atoms with Crippen LogP contribution in [0.4, 0.5) is 15.8 Å². The minimum Gasteiger partial charge on any atom is -0.495 e. The van der Waals surface area contributed by atoms with E-state index in [-0.39, 0.29) is 35.5 Å². The first kappa shape index (κ1) is 24.0. The van der Waals surface area contributed by atoms with Gasteiger partial charge in [0.05, 0.1) is 25.3 Å². The molecule has 2 aromatic carbocycles. The van der Waals surface area contributed by atoms with Gasteiger partial charge in [0, 0.05) is 60.9 Å². The van der Waals surface area contributed by atoms with E-state index >= 15 is 0 Å². The number of benzene rings is 2. The Morgan fingerprint density at radius 2 is 1.85 bits per heavy atom. The third kappa shape index (κ3) is 5.51. The number of anilines is 2. The number of carbonyl (C=O) groups is 2. The number of nitrogens with one attached hydrogen (secondary N) is 2. The highest BCUT2D eigenvalue weighted by Crippen LogP contribution is 2.33. The number of hydrogen-bond donors (Lipinski definition) is 2. The highest BCUT2D eigenvalue weighted by molar-refractivity contribution is 6.32. The summed E-state index contributed by atoms with van der Waals surface area (Å²) in [5, 5.41) is 6.59. The number of rotatable bonds is 6. The van der Waals surface area contributed by atoms with Crippen molar-refractivity contribution in [3.63, 3.8) is 0 Å². The highest BCUT2D eigenvalue weighted by Gasteiger charge is 2.41. The molecule has 2 fully saturated rings. The Kier molecular flexibility index (Phi) is 7.38. The second-order valence-electron chi connectivity index (χ2n) is 8.57. The van der Waals surface area contributed by atoms with Gasteiger partial charge in [0.2, 0.25) is 11.8 Å². The summed E-state index contributed by atoms with van der Waals surface area (Å²) in [6.45, 7) is 3.58. The van der Waals surface area contributed by atoms with Crippen molar-refractivity contribution in [2.24, 2.45) is 11.8 Å². The molecule has 2 heterocycles. The molecule has 180 valence electrons. The summed E-state index contributed by atoms with van der Waals surface area (Å²) in [7, 11) is 1.50. The number of halogens is 2. The van der Waals surface area contributed by atoms with Crippen LogP contribution in [-0.2, 0) is 14.3 Å². The van der Waals surface area contributed by atoms with Crippen LogP contribution in [0.2, 0.25) is 5.02 Å². The van der Waals surface area contributed by atoms with Crippen LogP contribution in [-0.4, -0.2) is 56.2 Å². The molecule has 0 aliphatic carbocycles. The van der Waals surface area contributed by atoms with Crippen molar-refractivity contribution in [2.75, 3.05) is 44.0 Å². The lowest BCUT2D eigenvalue weighted by atomic mass is 9.82. The number of nitrogens with zero attached hydrogens (tertiary/aromatic N) is 1. The van der Waals surface area contributed by atoms with E-state index in [4.69, 9.17) is 21.1 Å². The zero-order valence-corrected chi connectivity index (χ0v) is 19.8. The first-order valence-electron chi connectivity index (χ1n) is 11.1. The summed E-state index contributed by atoms with van der Waals surface area (Å²) in [5.74, 6) is 0.0232. The molecular weight excluding hydrogens is 461 g/mol. The number of ether oxygens (including phenoxy) is 2. The quantitative estimate of drug-likeness (QED) is 0.601. The maximum atomic E-state index is 13.2. The topological polar surface area (TPSA) is 79.9 Å². The summed E-state index contributed by atoms with van der Waals surface area (Å²) in [6.07, 6.45) is 3.15. The highest BCUT2D eigenvalue weighted by atomic mass is 35.5. The minimum atomic E-state index is -0.277. The lowest BCUT2D eigenvalue weighted by Crippen LogP contribution is -2.59. The van der Waals surface area contributed by atoms with Crippen molar-refractivity contribution >= 4 is 40.9 Å². The van der Waals surface area contributed by atoms with Crippen LogP contribution in [0, 0.1) is 17.7 Å². The van der Waals surface area contributed by atoms with Crippen molar-refractivity contribution in [1.29, 1.82) is 0 Å². The molecular formula is C25H27ClFN3O4. The van der Waals surface area contributed by atoms with E-state index < -0.39 is 0 Å². The Morgan fingerprint density at radius 1 is 1.18 bits per heavy atom. The molecule has 2 aliphatic rings.